The third kappa shape index (κ3) is 5.00. The fourth-order valence-electron chi connectivity index (χ4n) is 2.91. The van der Waals surface area contributed by atoms with Crippen LogP contribution in [0.4, 0.5) is 0 Å². The summed E-state index contributed by atoms with van der Waals surface area (Å²) < 4.78 is 28.9. The van der Waals surface area contributed by atoms with Crippen molar-refractivity contribution >= 4 is 22.6 Å². The van der Waals surface area contributed by atoms with E-state index < -0.39 is 10.2 Å². The Morgan fingerprint density at radius 3 is 2.55 bits per heavy atom. The lowest BCUT2D eigenvalue weighted by molar-refractivity contribution is 0.221. The summed E-state index contributed by atoms with van der Waals surface area (Å²) in [5.41, 5.74) is 1.18. The highest BCUT2D eigenvalue weighted by Gasteiger charge is 2.30. The Balaban J connectivity index is 0.00000200. The zero-order chi connectivity index (χ0) is 13.9. The van der Waals surface area contributed by atoms with Gasteiger partial charge in [0.1, 0.15) is 0 Å². The van der Waals surface area contributed by atoms with Crippen LogP contribution in [0.2, 0.25) is 0 Å². The number of nitrogens with zero attached hydrogens (tertiary/aromatic N) is 1. The number of hydrogen-bond acceptors (Lipinski definition) is 3. The molecule has 0 aromatic heterocycles. The van der Waals surface area contributed by atoms with E-state index in [2.05, 4.69) is 30.0 Å². The highest BCUT2D eigenvalue weighted by Crippen LogP contribution is 2.22. The summed E-state index contributed by atoms with van der Waals surface area (Å²) in [5.74, 6) is 0.886. The molecule has 1 fully saturated rings. The van der Waals surface area contributed by atoms with E-state index in [0.717, 1.165) is 25.9 Å². The Morgan fingerprint density at radius 1 is 1.35 bits per heavy atom. The van der Waals surface area contributed by atoms with Crippen LogP contribution in [0.3, 0.4) is 0 Å². The number of piperidine rings is 1. The zero-order valence-corrected chi connectivity index (χ0v) is 13.9. The molecule has 2 atom stereocenters. The molecule has 2 unspecified atom stereocenters. The molecule has 0 aromatic carbocycles. The number of halogens is 1. The molecular formula is C13H26ClN3O2S. The summed E-state index contributed by atoms with van der Waals surface area (Å²) in [7, 11) is -3.33. The molecule has 0 saturated carbocycles. The molecule has 2 heterocycles. The molecule has 2 rings (SSSR count). The highest BCUT2D eigenvalue weighted by molar-refractivity contribution is 7.87. The monoisotopic (exact) mass is 323 g/mol. The maximum atomic E-state index is 12.3. The van der Waals surface area contributed by atoms with Crippen molar-refractivity contribution in [1.29, 1.82) is 0 Å². The van der Waals surface area contributed by atoms with E-state index in [-0.39, 0.29) is 12.4 Å². The highest BCUT2D eigenvalue weighted by atomic mass is 35.5. The Bertz CT molecular complexity index is 429. The third-order valence-corrected chi connectivity index (χ3v) is 5.30. The molecule has 20 heavy (non-hydrogen) atoms. The van der Waals surface area contributed by atoms with Crippen molar-refractivity contribution in [3.63, 3.8) is 0 Å². The van der Waals surface area contributed by atoms with Gasteiger partial charge < -0.3 is 5.32 Å². The summed E-state index contributed by atoms with van der Waals surface area (Å²) in [6.45, 7) is 7.74. The van der Waals surface area contributed by atoms with Crippen LogP contribution >= 0.6 is 12.4 Å². The van der Waals surface area contributed by atoms with Crippen LogP contribution in [-0.2, 0) is 10.2 Å². The van der Waals surface area contributed by atoms with Crippen LogP contribution in [0.15, 0.2) is 11.6 Å². The fraction of sp³-hybridized carbons (Fsp3) is 0.846. The number of hydrogen-bond donors (Lipinski definition) is 2. The predicted octanol–water partition coefficient (Wildman–Crippen LogP) is 1.14. The lowest BCUT2D eigenvalue weighted by Crippen LogP contribution is -2.48. The smallest absolute Gasteiger partial charge is 0.279 e. The Morgan fingerprint density at radius 2 is 2.00 bits per heavy atom. The van der Waals surface area contributed by atoms with E-state index in [1.165, 1.54) is 5.57 Å². The zero-order valence-electron chi connectivity index (χ0n) is 12.3. The van der Waals surface area contributed by atoms with E-state index in [1.54, 1.807) is 4.31 Å². The van der Waals surface area contributed by atoms with Crippen LogP contribution in [0, 0.1) is 11.8 Å². The molecule has 0 amide bonds. The van der Waals surface area contributed by atoms with Crippen LogP contribution in [-0.4, -0.2) is 45.4 Å². The molecule has 2 aliphatic heterocycles. The summed E-state index contributed by atoms with van der Waals surface area (Å²) in [5, 5.41) is 3.22. The van der Waals surface area contributed by atoms with E-state index in [9.17, 15) is 8.42 Å². The van der Waals surface area contributed by atoms with Gasteiger partial charge >= 0.3 is 0 Å². The second-order valence-corrected chi connectivity index (χ2v) is 7.66. The third-order valence-electron chi connectivity index (χ3n) is 3.81. The lowest BCUT2D eigenvalue weighted by Gasteiger charge is -2.34. The minimum atomic E-state index is -3.33. The van der Waals surface area contributed by atoms with Crippen molar-refractivity contribution in [2.24, 2.45) is 11.8 Å². The molecule has 118 valence electrons. The fourth-order valence-corrected chi connectivity index (χ4v) is 4.36. The molecule has 0 aliphatic carbocycles. The van der Waals surface area contributed by atoms with E-state index >= 15 is 0 Å². The first-order chi connectivity index (χ1) is 8.97. The molecular weight excluding hydrogens is 298 g/mol. The van der Waals surface area contributed by atoms with Crippen LogP contribution in [0.5, 0.6) is 0 Å². The Kier molecular flexibility index (Phi) is 6.94. The Labute approximate surface area is 128 Å². The predicted molar refractivity (Wildman–Crippen MR) is 84.3 cm³/mol. The van der Waals surface area contributed by atoms with Gasteiger partial charge in [-0.15, -0.1) is 12.4 Å². The second kappa shape index (κ2) is 7.75. The van der Waals surface area contributed by atoms with E-state index in [1.807, 2.05) is 0 Å². The van der Waals surface area contributed by atoms with Gasteiger partial charge in [0.05, 0.1) is 0 Å². The van der Waals surface area contributed by atoms with Crippen molar-refractivity contribution in [2.45, 2.75) is 26.7 Å². The van der Waals surface area contributed by atoms with Gasteiger partial charge in [-0.3, -0.25) is 0 Å². The van der Waals surface area contributed by atoms with Crippen LogP contribution in [0.1, 0.15) is 26.7 Å². The number of rotatable bonds is 4. The van der Waals surface area contributed by atoms with E-state index in [0.29, 0.717) is 31.5 Å². The average molecular weight is 324 g/mol. The van der Waals surface area contributed by atoms with Crippen LogP contribution < -0.4 is 10.0 Å². The maximum Gasteiger partial charge on any atom is 0.279 e. The van der Waals surface area contributed by atoms with Crippen molar-refractivity contribution in [3.8, 4) is 0 Å². The van der Waals surface area contributed by atoms with Gasteiger partial charge in [-0.25, -0.2) is 0 Å². The minimum Gasteiger partial charge on any atom is -0.313 e. The molecule has 7 heteroatoms. The first-order valence-electron chi connectivity index (χ1n) is 7.10. The van der Waals surface area contributed by atoms with Gasteiger partial charge in [0.25, 0.3) is 10.2 Å². The summed E-state index contributed by atoms with van der Waals surface area (Å²) >= 11 is 0. The molecule has 2 N–H and O–H groups in total. The van der Waals surface area contributed by atoms with E-state index in [4.69, 9.17) is 0 Å². The number of nitrogens with one attached hydrogen (secondary N) is 2. The SMILES string of the molecule is CC1CC(C)CN(S(=O)(=O)NCC2=CCNCC2)C1.Cl. The average Bonchev–Trinajstić information content (AvgIpc) is 2.37. The minimum absolute atomic E-state index is 0. The molecule has 0 bridgehead atoms. The van der Waals surface area contributed by atoms with Gasteiger partial charge in [0.2, 0.25) is 0 Å². The van der Waals surface area contributed by atoms with Crippen molar-refractivity contribution in [3.05, 3.63) is 11.6 Å². The van der Waals surface area contributed by atoms with Gasteiger partial charge in [-0.05, 0) is 31.2 Å². The first kappa shape index (κ1) is 17.9. The molecule has 0 aromatic rings. The normalized spacial score (nSPS) is 28.6. The van der Waals surface area contributed by atoms with Crippen molar-refractivity contribution in [2.75, 3.05) is 32.7 Å². The quantitative estimate of drug-likeness (QED) is 0.763. The maximum absolute atomic E-state index is 12.3. The molecule has 2 aliphatic rings. The molecule has 0 radical (unpaired) electrons. The topological polar surface area (TPSA) is 61.4 Å². The molecule has 0 spiro atoms. The van der Waals surface area contributed by atoms with Crippen molar-refractivity contribution < 1.29 is 8.42 Å². The first-order valence-corrected chi connectivity index (χ1v) is 8.54. The Hall–Kier alpha value is -0.140. The second-order valence-electron chi connectivity index (χ2n) is 5.91. The summed E-state index contributed by atoms with van der Waals surface area (Å²) in [6.07, 6.45) is 4.12. The van der Waals surface area contributed by atoms with Gasteiger partial charge in [0, 0.05) is 26.2 Å². The van der Waals surface area contributed by atoms with Crippen LogP contribution in [0.25, 0.3) is 0 Å². The van der Waals surface area contributed by atoms with Gasteiger partial charge in [-0.2, -0.15) is 17.4 Å². The van der Waals surface area contributed by atoms with Crippen molar-refractivity contribution in [1.82, 2.24) is 14.3 Å². The lowest BCUT2D eigenvalue weighted by atomic mass is 9.94. The van der Waals surface area contributed by atoms with Gasteiger partial charge in [0.15, 0.2) is 0 Å². The summed E-state index contributed by atoms with van der Waals surface area (Å²) in [6, 6.07) is 0. The summed E-state index contributed by atoms with van der Waals surface area (Å²) in [4.78, 5) is 0. The van der Waals surface area contributed by atoms with Gasteiger partial charge in [-0.1, -0.05) is 25.5 Å². The standard InChI is InChI=1S/C13H25N3O2S.ClH/c1-11-7-12(2)10-16(9-11)19(17,18)15-8-13-3-5-14-6-4-13;/h3,11-12,14-15H,4-10H2,1-2H3;1H. The largest absolute Gasteiger partial charge is 0.313 e. The molecule has 5 nitrogen and oxygen atoms in total. The molecule has 1 saturated heterocycles.